The largest absolute Gasteiger partial charge is 0.495 e. The van der Waals surface area contributed by atoms with Crippen LogP contribution in [0.4, 0.5) is 4.39 Å². The molecule has 0 aliphatic rings. The molecule has 0 atom stereocenters. The molecule has 0 aliphatic carbocycles. The van der Waals surface area contributed by atoms with Gasteiger partial charge in [-0.2, -0.15) is 0 Å². The van der Waals surface area contributed by atoms with Gasteiger partial charge in [-0.25, -0.2) is 4.39 Å². The van der Waals surface area contributed by atoms with Gasteiger partial charge in [-0.3, -0.25) is 0 Å². The summed E-state index contributed by atoms with van der Waals surface area (Å²) in [5.41, 5.74) is 0.656. The van der Waals surface area contributed by atoms with Crippen molar-refractivity contribution in [3.05, 3.63) is 22.5 Å². The van der Waals surface area contributed by atoms with Gasteiger partial charge >= 0.3 is 0 Å². The Bertz CT molecular complexity index is 358. The van der Waals surface area contributed by atoms with E-state index in [-0.39, 0.29) is 10.8 Å². The molecule has 0 heterocycles. The van der Waals surface area contributed by atoms with E-state index in [0.29, 0.717) is 17.9 Å². The highest BCUT2D eigenvalue weighted by Crippen LogP contribution is 2.38. The van der Waals surface area contributed by atoms with Crippen molar-refractivity contribution < 1.29 is 13.9 Å². The Labute approximate surface area is 93.1 Å². The standard InChI is InChI=1S/C10H13ClFNO2/c1-13-5-6-4-7(12)10(15-3)8(11)9(6)14-2/h4,13H,5H2,1-3H3. The molecule has 1 rings (SSSR count). The van der Waals surface area contributed by atoms with Crippen LogP contribution in [0.3, 0.4) is 0 Å². The third-order valence-corrected chi connectivity index (χ3v) is 2.33. The molecule has 0 saturated heterocycles. The van der Waals surface area contributed by atoms with Gasteiger partial charge < -0.3 is 14.8 Å². The topological polar surface area (TPSA) is 30.5 Å². The van der Waals surface area contributed by atoms with Crippen LogP contribution in [0.25, 0.3) is 0 Å². The Hall–Kier alpha value is -1.00. The zero-order valence-corrected chi connectivity index (χ0v) is 9.61. The van der Waals surface area contributed by atoms with Gasteiger partial charge in [0, 0.05) is 12.1 Å². The Morgan fingerprint density at radius 2 is 1.93 bits per heavy atom. The smallest absolute Gasteiger partial charge is 0.176 e. The second-order valence-corrected chi connectivity index (χ2v) is 3.31. The van der Waals surface area contributed by atoms with Crippen LogP contribution >= 0.6 is 11.6 Å². The summed E-state index contributed by atoms with van der Waals surface area (Å²) in [5.74, 6) is -0.0498. The predicted octanol–water partition coefficient (Wildman–Crippen LogP) is 2.22. The highest BCUT2D eigenvalue weighted by atomic mass is 35.5. The summed E-state index contributed by atoms with van der Waals surface area (Å²) in [6, 6.07) is 1.35. The molecule has 0 radical (unpaired) electrons. The minimum Gasteiger partial charge on any atom is -0.495 e. The van der Waals surface area contributed by atoms with Crippen LogP contribution in [-0.4, -0.2) is 21.3 Å². The second kappa shape index (κ2) is 5.19. The van der Waals surface area contributed by atoms with Crippen LogP contribution in [0, 0.1) is 5.82 Å². The first-order valence-electron chi connectivity index (χ1n) is 4.39. The van der Waals surface area contributed by atoms with Crippen LogP contribution < -0.4 is 14.8 Å². The van der Waals surface area contributed by atoms with Crippen LogP contribution in [0.2, 0.25) is 5.02 Å². The Kier molecular flexibility index (Phi) is 4.17. The lowest BCUT2D eigenvalue weighted by Gasteiger charge is -2.13. The molecule has 0 saturated carbocycles. The van der Waals surface area contributed by atoms with Crippen molar-refractivity contribution in [2.45, 2.75) is 6.54 Å². The summed E-state index contributed by atoms with van der Waals surface area (Å²) in [6.45, 7) is 0.476. The number of benzene rings is 1. The summed E-state index contributed by atoms with van der Waals surface area (Å²) in [6.07, 6.45) is 0. The lowest BCUT2D eigenvalue weighted by molar-refractivity contribution is 0.371. The van der Waals surface area contributed by atoms with Gasteiger partial charge in [-0.05, 0) is 13.1 Å². The first-order valence-corrected chi connectivity index (χ1v) is 4.77. The number of nitrogens with one attached hydrogen (secondary N) is 1. The van der Waals surface area contributed by atoms with E-state index in [1.54, 1.807) is 7.05 Å². The van der Waals surface area contributed by atoms with Crippen molar-refractivity contribution in [2.24, 2.45) is 0 Å². The van der Waals surface area contributed by atoms with E-state index < -0.39 is 5.82 Å². The SMILES string of the molecule is CNCc1cc(F)c(OC)c(Cl)c1OC. The molecule has 0 spiro atoms. The minimum atomic E-state index is -0.492. The fourth-order valence-corrected chi connectivity index (χ4v) is 1.73. The molecule has 84 valence electrons. The van der Waals surface area contributed by atoms with Gasteiger partial charge in [0.05, 0.1) is 14.2 Å². The van der Waals surface area contributed by atoms with Gasteiger partial charge in [0.25, 0.3) is 0 Å². The summed E-state index contributed by atoms with van der Waals surface area (Å²) in [5, 5.41) is 3.06. The van der Waals surface area contributed by atoms with E-state index in [1.165, 1.54) is 20.3 Å². The van der Waals surface area contributed by atoms with Crippen molar-refractivity contribution in [2.75, 3.05) is 21.3 Å². The molecule has 0 amide bonds. The van der Waals surface area contributed by atoms with Crippen molar-refractivity contribution in [1.29, 1.82) is 0 Å². The van der Waals surface area contributed by atoms with Crippen LogP contribution in [0.5, 0.6) is 11.5 Å². The summed E-state index contributed by atoms with van der Waals surface area (Å²) < 4.78 is 23.4. The van der Waals surface area contributed by atoms with Crippen molar-refractivity contribution in [3.8, 4) is 11.5 Å². The number of halogens is 2. The van der Waals surface area contributed by atoms with Crippen LogP contribution in [0.1, 0.15) is 5.56 Å². The molecule has 5 heteroatoms. The predicted molar refractivity (Wildman–Crippen MR) is 57.3 cm³/mol. The zero-order chi connectivity index (χ0) is 11.4. The molecule has 0 aliphatic heterocycles. The molecule has 0 fully saturated rings. The van der Waals surface area contributed by atoms with Gasteiger partial charge in [0.2, 0.25) is 0 Å². The molecule has 1 N–H and O–H groups in total. The summed E-state index contributed by atoms with van der Waals surface area (Å²) in [7, 11) is 4.61. The molecule has 0 bridgehead atoms. The van der Waals surface area contributed by atoms with Crippen LogP contribution in [-0.2, 0) is 6.54 Å². The molecular weight excluding hydrogens is 221 g/mol. The fourth-order valence-electron chi connectivity index (χ4n) is 1.36. The maximum absolute atomic E-state index is 13.5. The number of hydrogen-bond donors (Lipinski definition) is 1. The molecule has 3 nitrogen and oxygen atoms in total. The van der Waals surface area contributed by atoms with E-state index in [2.05, 4.69) is 5.32 Å². The first-order chi connectivity index (χ1) is 7.15. The van der Waals surface area contributed by atoms with E-state index in [9.17, 15) is 4.39 Å². The fraction of sp³-hybridized carbons (Fsp3) is 0.400. The van der Waals surface area contributed by atoms with Crippen molar-refractivity contribution in [1.82, 2.24) is 5.32 Å². The van der Waals surface area contributed by atoms with Crippen molar-refractivity contribution in [3.63, 3.8) is 0 Å². The van der Waals surface area contributed by atoms with E-state index in [4.69, 9.17) is 21.1 Å². The normalized spacial score (nSPS) is 10.2. The monoisotopic (exact) mass is 233 g/mol. The number of methoxy groups -OCH3 is 2. The third kappa shape index (κ3) is 2.33. The number of hydrogen-bond acceptors (Lipinski definition) is 3. The zero-order valence-electron chi connectivity index (χ0n) is 8.86. The second-order valence-electron chi connectivity index (χ2n) is 2.93. The first kappa shape index (κ1) is 12.1. The van der Waals surface area contributed by atoms with E-state index >= 15 is 0 Å². The highest BCUT2D eigenvalue weighted by Gasteiger charge is 2.17. The number of rotatable bonds is 4. The van der Waals surface area contributed by atoms with E-state index in [0.717, 1.165) is 0 Å². The minimum absolute atomic E-state index is 0.00775. The lowest BCUT2D eigenvalue weighted by atomic mass is 10.1. The average molecular weight is 234 g/mol. The Morgan fingerprint density at radius 1 is 1.33 bits per heavy atom. The Morgan fingerprint density at radius 3 is 2.40 bits per heavy atom. The quantitative estimate of drug-likeness (QED) is 0.865. The molecule has 1 aromatic carbocycles. The highest BCUT2D eigenvalue weighted by molar-refractivity contribution is 6.33. The van der Waals surface area contributed by atoms with Crippen LogP contribution in [0.15, 0.2) is 6.07 Å². The maximum atomic E-state index is 13.5. The summed E-state index contributed by atoms with van der Waals surface area (Å²) in [4.78, 5) is 0. The third-order valence-electron chi connectivity index (χ3n) is 1.98. The molecule has 0 unspecified atom stereocenters. The molecule has 1 aromatic rings. The van der Waals surface area contributed by atoms with Gasteiger partial charge in [-0.15, -0.1) is 0 Å². The van der Waals surface area contributed by atoms with E-state index in [1.807, 2.05) is 0 Å². The molecule has 15 heavy (non-hydrogen) atoms. The van der Waals surface area contributed by atoms with Gasteiger partial charge in [0.15, 0.2) is 11.6 Å². The maximum Gasteiger partial charge on any atom is 0.176 e. The average Bonchev–Trinajstić information content (AvgIpc) is 2.19. The molecule has 0 aromatic heterocycles. The Balaban J connectivity index is 3.30. The molecular formula is C10H13ClFNO2. The van der Waals surface area contributed by atoms with Gasteiger partial charge in [0.1, 0.15) is 10.8 Å². The summed E-state index contributed by atoms with van der Waals surface area (Å²) >= 11 is 5.94. The lowest BCUT2D eigenvalue weighted by Crippen LogP contribution is -2.08. The van der Waals surface area contributed by atoms with Crippen molar-refractivity contribution >= 4 is 11.6 Å². The van der Waals surface area contributed by atoms with Gasteiger partial charge in [-0.1, -0.05) is 11.6 Å². The number of ether oxygens (including phenoxy) is 2.